The van der Waals surface area contributed by atoms with E-state index in [4.69, 9.17) is 23.2 Å². The van der Waals surface area contributed by atoms with Crippen LogP contribution in [0, 0.1) is 24.8 Å². The van der Waals surface area contributed by atoms with Crippen LogP contribution < -0.4 is 5.32 Å². The van der Waals surface area contributed by atoms with E-state index in [-0.39, 0.29) is 88.1 Å². The van der Waals surface area contributed by atoms with Crippen molar-refractivity contribution in [1.82, 2.24) is 4.98 Å². The summed E-state index contributed by atoms with van der Waals surface area (Å²) >= 11 is 6.88. The summed E-state index contributed by atoms with van der Waals surface area (Å²) in [7, 11) is -19.2. The third-order valence-electron chi connectivity index (χ3n) is 10.6. The molecule has 2 aromatic heterocycles. The molecule has 0 unspecified atom stereocenters. The van der Waals surface area contributed by atoms with Gasteiger partial charge in [-0.25, -0.2) is 9.83 Å². The Kier molecular flexibility index (Phi) is 13.4. The number of halogens is 1. The standard InChI is InChI=1S/C45H29ClN8O12S5/c1-24-41(48-2)37(17-25-7-13-32(14-8-25)68(55,56)57)50-43(49-30-11-15-33(16-12-30)69(58,59)60)42(24)52-53-44-36(23-47)40(28-10-9-26-5-3-4-6-27(26)18-28)45(67-44)54-51-31-21-35-34(39(22-31)71(64,65)66)19-29(46)20-38(35)70(61,62)63/h3-16,18-22H,17H2,1H3,(H,49,50)(H,55,56,57)(H,58,59,60)(H,61,62,63)(H,64,65,66). The predicted octanol–water partition coefficient (Wildman–Crippen LogP) is 11.7. The lowest BCUT2D eigenvalue weighted by Crippen LogP contribution is -2.03. The Morgan fingerprint density at radius 1 is 0.704 bits per heavy atom. The number of hydrogen-bond donors (Lipinski definition) is 5. The molecule has 0 aliphatic carbocycles. The molecular formula is C45H29ClN8O12S5. The minimum absolute atomic E-state index is 0.00901. The Labute approximate surface area is 413 Å². The maximum absolute atomic E-state index is 12.6. The molecule has 8 aromatic rings. The van der Waals surface area contributed by atoms with Crippen molar-refractivity contribution in [3.05, 3.63) is 154 Å². The fourth-order valence-corrected chi connectivity index (χ4v) is 10.9. The van der Waals surface area contributed by atoms with Crippen LogP contribution in [-0.2, 0) is 46.9 Å². The quantitative estimate of drug-likeness (QED) is 0.0407. The van der Waals surface area contributed by atoms with Gasteiger partial charge in [-0.05, 0) is 101 Å². The van der Waals surface area contributed by atoms with E-state index in [1.54, 1.807) is 31.2 Å². The summed E-state index contributed by atoms with van der Waals surface area (Å²) in [5, 5.41) is 31.9. The second-order valence-corrected chi connectivity index (χ2v) is 22.2. The zero-order chi connectivity index (χ0) is 51.2. The first-order valence-corrected chi connectivity index (χ1v) is 26.8. The highest BCUT2D eigenvalue weighted by molar-refractivity contribution is 7.86. The molecule has 358 valence electrons. The van der Waals surface area contributed by atoms with Crippen LogP contribution in [0.15, 0.2) is 155 Å². The van der Waals surface area contributed by atoms with Crippen molar-refractivity contribution in [2.75, 3.05) is 5.32 Å². The van der Waals surface area contributed by atoms with E-state index in [9.17, 15) is 57.1 Å². The number of azo groups is 2. The van der Waals surface area contributed by atoms with Crippen LogP contribution in [0.5, 0.6) is 0 Å². The molecule has 0 fully saturated rings. The monoisotopic (exact) mass is 1070 g/mol. The Hall–Kier alpha value is -7.40. The highest BCUT2D eigenvalue weighted by Crippen LogP contribution is 2.49. The van der Waals surface area contributed by atoms with Crippen molar-refractivity contribution in [3.63, 3.8) is 0 Å². The van der Waals surface area contributed by atoms with Gasteiger partial charge in [0.15, 0.2) is 10.8 Å². The van der Waals surface area contributed by atoms with Crippen molar-refractivity contribution in [2.45, 2.75) is 32.9 Å². The van der Waals surface area contributed by atoms with Gasteiger partial charge in [0.05, 0.1) is 27.7 Å². The van der Waals surface area contributed by atoms with Crippen LogP contribution in [0.1, 0.15) is 22.4 Å². The largest absolute Gasteiger partial charge is 0.338 e. The molecule has 0 aliphatic rings. The summed E-state index contributed by atoms with van der Waals surface area (Å²) in [4.78, 5) is 6.03. The first-order chi connectivity index (χ1) is 33.4. The zero-order valence-electron chi connectivity index (χ0n) is 35.8. The van der Waals surface area contributed by atoms with Crippen LogP contribution in [-0.4, -0.2) is 56.9 Å². The molecule has 2 heterocycles. The van der Waals surface area contributed by atoms with Crippen LogP contribution in [0.2, 0.25) is 5.02 Å². The van der Waals surface area contributed by atoms with E-state index in [1.807, 2.05) is 18.2 Å². The lowest BCUT2D eigenvalue weighted by Gasteiger charge is -2.15. The van der Waals surface area contributed by atoms with Gasteiger partial charge in [-0.2, -0.15) is 38.9 Å². The third-order valence-corrected chi connectivity index (χ3v) is 15.3. The molecule has 0 saturated heterocycles. The number of nitriles is 1. The first kappa shape index (κ1) is 50.0. The van der Waals surface area contributed by atoms with E-state index in [1.165, 1.54) is 36.4 Å². The van der Waals surface area contributed by atoms with E-state index in [0.717, 1.165) is 58.5 Å². The van der Waals surface area contributed by atoms with Gasteiger partial charge in [0.2, 0.25) is 5.69 Å². The SMILES string of the molecule is [C-]#[N+]c1c(Cc2ccc(S(=O)(=O)O)cc2)nc(Nc2ccc(S(=O)(=O)O)cc2)c(N=Nc2sc(N=Nc3cc(S(=O)(=O)O)c4cc(Cl)cc(S(=O)(=O)O)c4c3)c(-c3ccc4ccccc4c3)c2C#N)c1C. The Balaban J connectivity index is 1.30. The fourth-order valence-electron chi connectivity index (χ4n) is 7.34. The number of hydrogen-bond acceptors (Lipinski definition) is 16. The molecule has 0 saturated carbocycles. The van der Waals surface area contributed by atoms with E-state index in [0.29, 0.717) is 11.1 Å². The summed E-state index contributed by atoms with van der Waals surface area (Å²) in [5.74, 6) is -0.0240. The number of nitrogens with zero attached hydrogens (tertiary/aromatic N) is 7. The highest BCUT2D eigenvalue weighted by atomic mass is 35.5. The summed E-state index contributed by atoms with van der Waals surface area (Å²) in [6.45, 7) is 9.67. The van der Waals surface area contributed by atoms with Crippen molar-refractivity contribution < 1.29 is 51.9 Å². The second kappa shape index (κ2) is 19.1. The number of rotatable bonds is 13. The summed E-state index contributed by atoms with van der Waals surface area (Å²) in [6, 6.07) is 28.8. The van der Waals surface area contributed by atoms with Crippen molar-refractivity contribution in [2.24, 2.45) is 20.5 Å². The molecule has 0 amide bonds. The number of benzene rings is 6. The van der Waals surface area contributed by atoms with Crippen molar-refractivity contribution in [1.29, 1.82) is 5.26 Å². The molecule has 5 N–H and O–H groups in total. The molecule has 0 atom stereocenters. The maximum atomic E-state index is 12.6. The molecule has 6 aromatic carbocycles. The summed E-state index contributed by atoms with van der Waals surface area (Å²) < 4.78 is 136. The normalized spacial score (nSPS) is 12.5. The lowest BCUT2D eigenvalue weighted by atomic mass is 10.00. The van der Waals surface area contributed by atoms with Gasteiger partial charge in [-0.15, -0.1) is 20.5 Å². The fraction of sp³-hybridized carbons (Fsp3) is 0.0444. The van der Waals surface area contributed by atoms with Crippen LogP contribution in [0.3, 0.4) is 0 Å². The number of nitrogens with one attached hydrogen (secondary N) is 1. The smallest absolute Gasteiger partial charge is 0.295 e. The van der Waals surface area contributed by atoms with Crippen molar-refractivity contribution >= 4 is 124 Å². The molecule has 8 rings (SSSR count). The Morgan fingerprint density at radius 2 is 1.30 bits per heavy atom. The minimum atomic E-state index is -5.09. The lowest BCUT2D eigenvalue weighted by molar-refractivity contribution is 0.481. The molecule has 71 heavy (non-hydrogen) atoms. The molecule has 0 aliphatic heterocycles. The average Bonchev–Trinajstić information content (AvgIpc) is 3.66. The number of fused-ring (bicyclic) bond motifs is 2. The Bertz CT molecular complexity index is 4160. The van der Waals surface area contributed by atoms with Gasteiger partial charge < -0.3 is 5.32 Å². The van der Waals surface area contributed by atoms with E-state index < -0.39 is 55.2 Å². The van der Waals surface area contributed by atoms with Gasteiger partial charge in [0.25, 0.3) is 40.5 Å². The molecular weight excluding hydrogens is 1040 g/mol. The molecule has 0 radical (unpaired) electrons. The van der Waals surface area contributed by atoms with Gasteiger partial charge in [-0.3, -0.25) is 18.2 Å². The zero-order valence-corrected chi connectivity index (χ0v) is 40.6. The average molecular weight is 1070 g/mol. The number of pyridine rings is 1. The summed E-state index contributed by atoms with van der Waals surface area (Å²) in [5.41, 5.74) is 1.37. The number of aromatic nitrogens is 1. The van der Waals surface area contributed by atoms with E-state index in [2.05, 4.69) is 36.7 Å². The topological polar surface area (TPSA) is 320 Å². The van der Waals surface area contributed by atoms with Gasteiger partial charge in [0.1, 0.15) is 32.1 Å². The van der Waals surface area contributed by atoms with E-state index >= 15 is 0 Å². The predicted molar refractivity (Wildman–Crippen MR) is 263 cm³/mol. The maximum Gasteiger partial charge on any atom is 0.295 e. The van der Waals surface area contributed by atoms with Crippen molar-refractivity contribution in [3.8, 4) is 17.2 Å². The Morgan fingerprint density at radius 3 is 1.90 bits per heavy atom. The van der Waals surface area contributed by atoms with Crippen LogP contribution >= 0.6 is 22.9 Å². The highest BCUT2D eigenvalue weighted by Gasteiger charge is 2.25. The molecule has 20 nitrogen and oxygen atoms in total. The summed E-state index contributed by atoms with van der Waals surface area (Å²) in [6.07, 6.45) is -0.0289. The molecule has 26 heteroatoms. The second-order valence-electron chi connectivity index (χ2n) is 15.2. The number of anilines is 2. The molecule has 0 spiro atoms. The number of thiophene rings is 1. The third kappa shape index (κ3) is 10.7. The van der Waals surface area contributed by atoms with Gasteiger partial charge in [0, 0.05) is 33.5 Å². The van der Waals surface area contributed by atoms with Gasteiger partial charge >= 0.3 is 0 Å². The first-order valence-electron chi connectivity index (χ1n) is 19.9. The molecule has 0 bridgehead atoms. The van der Waals surface area contributed by atoms with Gasteiger partial charge in [-0.1, -0.05) is 71.5 Å². The minimum Gasteiger partial charge on any atom is -0.338 e. The van der Waals surface area contributed by atoms with Crippen LogP contribution in [0.25, 0.3) is 37.5 Å². The van der Waals surface area contributed by atoms with Crippen LogP contribution in [0.4, 0.5) is 38.6 Å².